The fourth-order valence-corrected chi connectivity index (χ4v) is 3.86. The van der Waals surface area contributed by atoms with Gasteiger partial charge >= 0.3 is 0 Å². The van der Waals surface area contributed by atoms with Gasteiger partial charge in [-0.15, -0.1) is 0 Å². The molecule has 0 aliphatic heterocycles. The predicted molar refractivity (Wildman–Crippen MR) is 102 cm³/mol. The Morgan fingerprint density at radius 1 is 0.889 bits per heavy atom. The average molecular weight is 372 g/mol. The third-order valence-corrected chi connectivity index (χ3v) is 5.17. The van der Waals surface area contributed by atoms with Crippen LogP contribution in [-0.2, 0) is 0 Å². The van der Waals surface area contributed by atoms with E-state index < -0.39 is 0 Å². The average Bonchev–Trinajstić information content (AvgIpc) is 3.36. The molecule has 1 aliphatic rings. The lowest BCUT2D eigenvalue weighted by Gasteiger charge is -1.93. The molecule has 2 aromatic heterocycles. The summed E-state index contributed by atoms with van der Waals surface area (Å²) in [6.07, 6.45) is 1.51. The van der Waals surface area contributed by atoms with Gasteiger partial charge in [-0.2, -0.15) is 0 Å². The van der Waals surface area contributed by atoms with Crippen molar-refractivity contribution in [1.29, 1.82) is 0 Å². The second-order valence-corrected chi connectivity index (χ2v) is 7.07. The number of carbonyl (C=O) groups is 2. The number of Topliss-reactive ketones (excluding diaryl/α,β-unsaturated/α-hetero) is 2. The lowest BCUT2D eigenvalue weighted by molar-refractivity contribution is 0.0990. The molecule has 2 aromatic carbocycles. The first-order valence-corrected chi connectivity index (χ1v) is 9.13. The number of H-pyrrole nitrogens is 1. The second-order valence-electron chi connectivity index (χ2n) is 6.08. The van der Waals surface area contributed by atoms with Gasteiger partial charge in [-0.05, 0) is 42.1 Å². The van der Waals surface area contributed by atoms with Gasteiger partial charge in [-0.3, -0.25) is 9.59 Å². The Labute approximate surface area is 158 Å². The van der Waals surface area contributed by atoms with Crippen LogP contribution in [0, 0.1) is 0 Å². The van der Waals surface area contributed by atoms with Gasteiger partial charge < -0.3 is 9.40 Å². The van der Waals surface area contributed by atoms with Gasteiger partial charge in [0.2, 0.25) is 0 Å². The molecular formula is C21H12N2O3S. The molecule has 6 heteroatoms. The van der Waals surface area contributed by atoms with Crippen LogP contribution >= 0.6 is 11.8 Å². The molecule has 0 bridgehead atoms. The molecule has 1 N–H and O–H groups in total. The molecule has 4 aromatic rings. The summed E-state index contributed by atoms with van der Waals surface area (Å²) in [5.74, 6) is -0.0740. The summed E-state index contributed by atoms with van der Waals surface area (Å²) in [7, 11) is 0. The second kappa shape index (κ2) is 6.10. The van der Waals surface area contributed by atoms with Gasteiger partial charge in [-0.1, -0.05) is 36.4 Å². The van der Waals surface area contributed by atoms with E-state index in [0.717, 1.165) is 11.0 Å². The number of hydrogen-bond acceptors (Lipinski definition) is 5. The molecule has 0 fully saturated rings. The third kappa shape index (κ3) is 2.71. The zero-order valence-electron chi connectivity index (χ0n) is 13.9. The molecule has 0 radical (unpaired) electrons. The zero-order chi connectivity index (χ0) is 18.4. The number of hydrogen-bond donors (Lipinski definition) is 1. The topological polar surface area (TPSA) is 76.0 Å². The van der Waals surface area contributed by atoms with E-state index in [1.54, 1.807) is 36.4 Å². The van der Waals surface area contributed by atoms with Gasteiger partial charge in [0.25, 0.3) is 0 Å². The van der Waals surface area contributed by atoms with Crippen LogP contribution in [0.5, 0.6) is 0 Å². The summed E-state index contributed by atoms with van der Waals surface area (Å²) >= 11 is 1.35. The first-order chi connectivity index (χ1) is 13.2. The van der Waals surface area contributed by atoms with Crippen LogP contribution in [0.15, 0.2) is 80.9 Å². The number of rotatable bonds is 3. The van der Waals surface area contributed by atoms with Gasteiger partial charge in [0.05, 0.1) is 16.6 Å². The minimum Gasteiger partial charge on any atom is -0.450 e. The van der Waals surface area contributed by atoms with E-state index in [0.29, 0.717) is 27.1 Å². The number of imidazole rings is 1. The SMILES string of the molecule is O=C1C(=Cc2ccc(Sc3nc4ccccc4[nH]3)o2)C(=O)c2ccccc21. The van der Waals surface area contributed by atoms with Gasteiger partial charge in [0.15, 0.2) is 21.8 Å². The highest BCUT2D eigenvalue weighted by Gasteiger charge is 2.32. The highest BCUT2D eigenvalue weighted by molar-refractivity contribution is 7.99. The van der Waals surface area contributed by atoms with Crippen molar-refractivity contribution in [3.8, 4) is 0 Å². The smallest absolute Gasteiger partial charge is 0.197 e. The minimum absolute atomic E-state index is 0.130. The number of para-hydroxylation sites is 2. The van der Waals surface area contributed by atoms with Crippen molar-refractivity contribution in [3.05, 3.63) is 83.1 Å². The molecule has 0 spiro atoms. The number of nitrogens with zero attached hydrogens (tertiary/aromatic N) is 1. The van der Waals surface area contributed by atoms with Crippen LogP contribution in [0.1, 0.15) is 26.5 Å². The van der Waals surface area contributed by atoms with Gasteiger partial charge in [-0.25, -0.2) is 4.98 Å². The highest BCUT2D eigenvalue weighted by Crippen LogP contribution is 2.31. The lowest BCUT2D eigenvalue weighted by atomic mass is 10.1. The molecule has 1 aliphatic carbocycles. The molecule has 0 amide bonds. The van der Waals surface area contributed by atoms with E-state index in [-0.39, 0.29) is 17.1 Å². The predicted octanol–water partition coefficient (Wildman–Crippen LogP) is 4.77. The lowest BCUT2D eigenvalue weighted by Crippen LogP contribution is -1.99. The first kappa shape index (κ1) is 15.8. The number of allylic oxidation sites excluding steroid dienone is 1. The molecule has 5 rings (SSSR count). The van der Waals surface area contributed by atoms with Crippen molar-refractivity contribution in [2.75, 3.05) is 0 Å². The van der Waals surface area contributed by atoms with Crippen molar-refractivity contribution in [2.24, 2.45) is 0 Å². The van der Waals surface area contributed by atoms with Gasteiger partial charge in [0, 0.05) is 11.1 Å². The summed E-state index contributed by atoms with van der Waals surface area (Å²) in [5, 5.41) is 1.33. The third-order valence-electron chi connectivity index (χ3n) is 4.36. The molecule has 0 saturated carbocycles. The molecule has 0 saturated heterocycles. The number of aromatic amines is 1. The van der Waals surface area contributed by atoms with E-state index >= 15 is 0 Å². The van der Waals surface area contributed by atoms with E-state index in [1.165, 1.54) is 17.8 Å². The maximum atomic E-state index is 12.5. The normalized spacial score (nSPS) is 13.4. The summed E-state index contributed by atoms with van der Waals surface area (Å²) in [6.45, 7) is 0. The van der Waals surface area contributed by atoms with E-state index in [2.05, 4.69) is 9.97 Å². The molecule has 0 unspecified atom stereocenters. The summed E-state index contributed by atoms with van der Waals surface area (Å²) < 4.78 is 5.76. The van der Waals surface area contributed by atoms with Crippen molar-refractivity contribution >= 4 is 40.4 Å². The summed E-state index contributed by atoms with van der Waals surface area (Å²) in [4.78, 5) is 32.6. The van der Waals surface area contributed by atoms with Crippen LogP contribution in [0.25, 0.3) is 17.1 Å². The van der Waals surface area contributed by atoms with Crippen molar-refractivity contribution in [1.82, 2.24) is 9.97 Å². The van der Waals surface area contributed by atoms with Crippen LogP contribution in [0.2, 0.25) is 0 Å². The van der Waals surface area contributed by atoms with Crippen LogP contribution < -0.4 is 0 Å². The first-order valence-electron chi connectivity index (χ1n) is 8.31. The standard InChI is InChI=1S/C21H12N2O3S/c24-19-13-5-1-2-6-14(13)20(25)15(19)11-12-9-10-18(26-12)27-21-22-16-7-3-4-8-17(16)23-21/h1-11H,(H,22,23). The maximum Gasteiger partial charge on any atom is 0.197 e. The Morgan fingerprint density at radius 2 is 1.59 bits per heavy atom. The molecule has 5 nitrogen and oxygen atoms in total. The molecule has 2 heterocycles. The highest BCUT2D eigenvalue weighted by atomic mass is 32.2. The molecule has 0 atom stereocenters. The molecular weight excluding hydrogens is 360 g/mol. The van der Waals surface area contributed by atoms with Crippen LogP contribution in [0.4, 0.5) is 0 Å². The Balaban J connectivity index is 1.42. The Kier molecular flexibility index (Phi) is 3.58. The summed E-state index contributed by atoms with van der Waals surface area (Å²) in [6, 6.07) is 18.1. The quantitative estimate of drug-likeness (QED) is 0.414. The van der Waals surface area contributed by atoms with E-state index in [1.807, 2.05) is 24.3 Å². The number of furan rings is 1. The minimum atomic E-state index is -0.265. The number of benzene rings is 2. The number of nitrogens with one attached hydrogen (secondary N) is 1. The molecule has 27 heavy (non-hydrogen) atoms. The fraction of sp³-hybridized carbons (Fsp3) is 0. The summed E-state index contributed by atoms with van der Waals surface area (Å²) in [5.41, 5.74) is 2.85. The number of fused-ring (bicyclic) bond motifs is 2. The number of aromatic nitrogens is 2. The zero-order valence-corrected chi connectivity index (χ0v) is 14.7. The Bertz CT molecular complexity index is 1180. The van der Waals surface area contributed by atoms with E-state index in [9.17, 15) is 9.59 Å². The van der Waals surface area contributed by atoms with Crippen molar-refractivity contribution < 1.29 is 14.0 Å². The van der Waals surface area contributed by atoms with Crippen molar-refractivity contribution in [3.63, 3.8) is 0 Å². The number of ketones is 2. The van der Waals surface area contributed by atoms with E-state index in [4.69, 9.17) is 4.42 Å². The Hall–Kier alpha value is -3.38. The monoisotopic (exact) mass is 372 g/mol. The van der Waals surface area contributed by atoms with Crippen molar-refractivity contribution in [2.45, 2.75) is 10.2 Å². The number of carbonyl (C=O) groups excluding carboxylic acids is 2. The fourth-order valence-electron chi connectivity index (χ4n) is 3.09. The maximum absolute atomic E-state index is 12.5. The van der Waals surface area contributed by atoms with Crippen LogP contribution in [-0.4, -0.2) is 21.5 Å². The molecule has 130 valence electrons. The van der Waals surface area contributed by atoms with Crippen LogP contribution in [0.3, 0.4) is 0 Å². The Morgan fingerprint density at radius 3 is 2.33 bits per heavy atom. The largest absolute Gasteiger partial charge is 0.450 e. The van der Waals surface area contributed by atoms with Gasteiger partial charge in [0.1, 0.15) is 5.76 Å².